The molecule has 8 heteroatoms. The minimum Gasteiger partial charge on any atom is -0.464 e. The fraction of sp³-hybridized carbons (Fsp3) is 0.680. The molecule has 0 spiro atoms. The van der Waals surface area contributed by atoms with Gasteiger partial charge in [-0.1, -0.05) is 26.0 Å². The second kappa shape index (κ2) is 11.4. The van der Waals surface area contributed by atoms with Gasteiger partial charge in [-0.25, -0.2) is 4.39 Å². The molecule has 2 N–H and O–H groups in total. The van der Waals surface area contributed by atoms with E-state index in [1.165, 1.54) is 12.1 Å². The lowest BCUT2D eigenvalue weighted by molar-refractivity contribution is -0.164. The molecule has 0 saturated carbocycles. The predicted molar refractivity (Wildman–Crippen MR) is 124 cm³/mol. The van der Waals surface area contributed by atoms with Crippen LogP contribution in [0.2, 0.25) is 0 Å². The van der Waals surface area contributed by atoms with E-state index in [9.17, 15) is 14.0 Å². The van der Waals surface area contributed by atoms with Gasteiger partial charge >= 0.3 is 5.97 Å². The molecule has 1 aromatic rings. The SMILES string of the molecule is CCC(CC)(C(=O)OCCN1CCOCC1)[C@H]1CC[C@@H](c2cccc(F)c2)N1C(=O)[C@@H](C)N. The number of nitrogens with zero attached hydrogens (tertiary/aromatic N) is 2. The van der Waals surface area contributed by atoms with Crippen LogP contribution in [-0.2, 0) is 19.1 Å². The molecular formula is C25H38FN3O4. The fourth-order valence-electron chi connectivity index (χ4n) is 5.32. The monoisotopic (exact) mass is 463 g/mol. The summed E-state index contributed by atoms with van der Waals surface area (Å²) in [7, 11) is 0. The molecule has 2 aliphatic heterocycles. The Hall–Kier alpha value is -2.03. The van der Waals surface area contributed by atoms with Crippen molar-refractivity contribution < 1.29 is 23.5 Å². The number of hydrogen-bond donors (Lipinski definition) is 1. The molecule has 2 aliphatic rings. The van der Waals surface area contributed by atoms with Gasteiger partial charge in [-0.15, -0.1) is 0 Å². The Kier molecular flexibility index (Phi) is 8.84. The summed E-state index contributed by atoms with van der Waals surface area (Å²) in [6.45, 7) is 9.62. The van der Waals surface area contributed by atoms with Crippen molar-refractivity contribution in [3.05, 3.63) is 35.6 Å². The van der Waals surface area contributed by atoms with E-state index in [2.05, 4.69) is 4.90 Å². The van der Waals surface area contributed by atoms with Gasteiger partial charge < -0.3 is 20.1 Å². The van der Waals surface area contributed by atoms with Crippen molar-refractivity contribution in [2.75, 3.05) is 39.5 Å². The lowest BCUT2D eigenvalue weighted by Crippen LogP contribution is -2.55. The highest BCUT2D eigenvalue weighted by atomic mass is 19.1. The summed E-state index contributed by atoms with van der Waals surface area (Å²) < 4.78 is 25.2. The molecule has 0 unspecified atom stereocenters. The van der Waals surface area contributed by atoms with Crippen LogP contribution in [0, 0.1) is 11.2 Å². The van der Waals surface area contributed by atoms with Crippen molar-refractivity contribution in [1.29, 1.82) is 0 Å². The Morgan fingerprint density at radius 3 is 2.55 bits per heavy atom. The maximum atomic E-state index is 14.0. The second-order valence-corrected chi connectivity index (χ2v) is 9.15. The second-order valence-electron chi connectivity index (χ2n) is 9.15. The summed E-state index contributed by atoms with van der Waals surface area (Å²) >= 11 is 0. The first-order valence-corrected chi connectivity index (χ1v) is 12.1. The van der Waals surface area contributed by atoms with Crippen LogP contribution >= 0.6 is 0 Å². The van der Waals surface area contributed by atoms with Crippen LogP contribution in [0.5, 0.6) is 0 Å². The molecule has 184 valence electrons. The Bertz CT molecular complexity index is 809. The Morgan fingerprint density at radius 1 is 1.24 bits per heavy atom. The van der Waals surface area contributed by atoms with Crippen molar-refractivity contribution in [1.82, 2.24) is 9.80 Å². The molecule has 1 amide bonds. The zero-order valence-electron chi connectivity index (χ0n) is 20.1. The number of nitrogens with two attached hydrogens (primary N) is 1. The number of amides is 1. The number of benzene rings is 1. The van der Waals surface area contributed by atoms with Gasteiger partial charge in [0, 0.05) is 25.7 Å². The first-order valence-electron chi connectivity index (χ1n) is 12.1. The van der Waals surface area contributed by atoms with Crippen LogP contribution in [-0.4, -0.2) is 73.2 Å². The molecule has 0 aliphatic carbocycles. The van der Waals surface area contributed by atoms with E-state index < -0.39 is 11.5 Å². The van der Waals surface area contributed by atoms with Gasteiger partial charge in [-0.3, -0.25) is 14.5 Å². The van der Waals surface area contributed by atoms with Crippen LogP contribution in [0.3, 0.4) is 0 Å². The van der Waals surface area contributed by atoms with Gasteiger partial charge in [-0.2, -0.15) is 0 Å². The molecule has 3 rings (SSSR count). The predicted octanol–water partition coefficient (Wildman–Crippen LogP) is 2.89. The Labute approximate surface area is 196 Å². The van der Waals surface area contributed by atoms with Crippen LogP contribution in [0.15, 0.2) is 24.3 Å². The minimum absolute atomic E-state index is 0.223. The van der Waals surface area contributed by atoms with Gasteiger partial charge in [0.1, 0.15) is 12.4 Å². The average molecular weight is 464 g/mol. The highest BCUT2D eigenvalue weighted by molar-refractivity contribution is 5.84. The molecule has 33 heavy (non-hydrogen) atoms. The van der Waals surface area contributed by atoms with Crippen molar-refractivity contribution in [3.63, 3.8) is 0 Å². The van der Waals surface area contributed by atoms with Gasteiger partial charge in [0.05, 0.1) is 30.7 Å². The lowest BCUT2D eigenvalue weighted by Gasteiger charge is -2.42. The number of rotatable bonds is 9. The van der Waals surface area contributed by atoms with Crippen molar-refractivity contribution >= 4 is 11.9 Å². The molecular weight excluding hydrogens is 425 g/mol. The van der Waals surface area contributed by atoms with Gasteiger partial charge in [0.2, 0.25) is 5.91 Å². The number of esters is 1. The number of hydrogen-bond acceptors (Lipinski definition) is 6. The standard InChI is InChI=1S/C25H38FN3O4/c1-4-25(5-2,24(31)33-16-13-28-11-14-32-15-12-28)22-10-9-21(29(22)23(30)18(3)27)19-7-6-8-20(26)17-19/h6-8,17-18,21-22H,4-5,9-16,27H2,1-3H3/t18-,21+,22-/m1/s1. The zero-order valence-corrected chi connectivity index (χ0v) is 20.1. The van der Waals surface area contributed by atoms with Crippen LogP contribution in [0.25, 0.3) is 0 Å². The number of carbonyl (C=O) groups excluding carboxylic acids is 2. The highest BCUT2D eigenvalue weighted by Gasteiger charge is 2.53. The van der Waals surface area contributed by atoms with Crippen LogP contribution in [0.1, 0.15) is 58.1 Å². The zero-order chi connectivity index (χ0) is 24.0. The third-order valence-electron chi connectivity index (χ3n) is 7.31. The quantitative estimate of drug-likeness (QED) is 0.567. The topological polar surface area (TPSA) is 85.1 Å². The lowest BCUT2D eigenvalue weighted by atomic mass is 9.74. The van der Waals surface area contributed by atoms with Crippen LogP contribution < -0.4 is 5.73 Å². The summed E-state index contributed by atoms with van der Waals surface area (Å²) in [5, 5.41) is 0. The summed E-state index contributed by atoms with van der Waals surface area (Å²) in [5.41, 5.74) is 5.91. The summed E-state index contributed by atoms with van der Waals surface area (Å²) in [5.74, 6) is -0.837. The molecule has 0 bridgehead atoms. The number of likely N-dealkylation sites (tertiary alicyclic amines) is 1. The number of morpholine rings is 1. The summed E-state index contributed by atoms with van der Waals surface area (Å²) in [6, 6.07) is 4.96. The normalized spacial score (nSPS) is 22.9. The van der Waals surface area contributed by atoms with E-state index in [1.54, 1.807) is 17.9 Å². The van der Waals surface area contributed by atoms with E-state index in [4.69, 9.17) is 15.2 Å². The van der Waals surface area contributed by atoms with Crippen molar-refractivity contribution in [2.24, 2.45) is 11.1 Å². The molecule has 1 aromatic carbocycles. The van der Waals surface area contributed by atoms with E-state index >= 15 is 0 Å². The van der Waals surface area contributed by atoms with Gasteiger partial charge in [0.15, 0.2) is 0 Å². The highest BCUT2D eigenvalue weighted by Crippen LogP contribution is 2.47. The van der Waals surface area contributed by atoms with Crippen molar-refractivity contribution in [3.8, 4) is 0 Å². The first-order chi connectivity index (χ1) is 15.8. The molecule has 0 radical (unpaired) electrons. The third kappa shape index (κ3) is 5.55. The number of carbonyl (C=O) groups is 2. The average Bonchev–Trinajstić information content (AvgIpc) is 3.26. The maximum Gasteiger partial charge on any atom is 0.314 e. The molecule has 7 nitrogen and oxygen atoms in total. The summed E-state index contributed by atoms with van der Waals surface area (Å²) in [6.07, 6.45) is 2.38. The van der Waals surface area contributed by atoms with E-state index in [0.29, 0.717) is 52.0 Å². The number of halogens is 1. The minimum atomic E-state index is -0.836. The molecule has 2 saturated heterocycles. The van der Waals surface area contributed by atoms with E-state index in [-0.39, 0.29) is 29.8 Å². The Morgan fingerprint density at radius 2 is 1.94 bits per heavy atom. The smallest absolute Gasteiger partial charge is 0.314 e. The van der Waals surface area contributed by atoms with Crippen molar-refractivity contribution in [2.45, 2.75) is 64.6 Å². The summed E-state index contributed by atoms with van der Waals surface area (Å²) in [4.78, 5) is 30.7. The Balaban J connectivity index is 1.82. The molecule has 2 heterocycles. The fourth-order valence-corrected chi connectivity index (χ4v) is 5.32. The third-order valence-corrected chi connectivity index (χ3v) is 7.31. The largest absolute Gasteiger partial charge is 0.464 e. The molecule has 0 aromatic heterocycles. The van der Waals surface area contributed by atoms with Crippen LogP contribution in [0.4, 0.5) is 4.39 Å². The first kappa shape index (κ1) is 25.6. The molecule has 2 fully saturated rings. The number of ether oxygens (including phenoxy) is 2. The van der Waals surface area contributed by atoms with E-state index in [1.807, 2.05) is 19.9 Å². The van der Waals surface area contributed by atoms with Gasteiger partial charge in [0.25, 0.3) is 0 Å². The maximum absolute atomic E-state index is 14.0. The van der Waals surface area contributed by atoms with E-state index in [0.717, 1.165) is 18.7 Å². The van der Waals surface area contributed by atoms with Gasteiger partial charge in [-0.05, 0) is 50.3 Å². The molecule has 3 atom stereocenters.